The summed E-state index contributed by atoms with van der Waals surface area (Å²) in [6.07, 6.45) is 4.19. The molecule has 1 unspecified atom stereocenters. The topological polar surface area (TPSA) is 103 Å². The van der Waals surface area contributed by atoms with Crippen LogP contribution in [0.4, 0.5) is 21.6 Å². The van der Waals surface area contributed by atoms with Crippen molar-refractivity contribution in [2.75, 3.05) is 54.5 Å². The molecule has 8 nitrogen and oxygen atoms in total. The number of nitrogens with zero attached hydrogens (tertiary/aromatic N) is 3. The van der Waals surface area contributed by atoms with Crippen molar-refractivity contribution in [2.45, 2.75) is 13.3 Å². The van der Waals surface area contributed by atoms with Crippen molar-refractivity contribution < 1.29 is 18.1 Å². The molecule has 0 radical (unpaired) electrons. The van der Waals surface area contributed by atoms with Crippen LogP contribution in [0.25, 0.3) is 22.4 Å². The normalized spacial score (nSPS) is 14.6. The Morgan fingerprint density at radius 3 is 2.65 bits per heavy atom. The summed E-state index contributed by atoms with van der Waals surface area (Å²) in [5, 5.41) is 0. The predicted octanol–water partition coefficient (Wildman–Crippen LogP) is 3.86. The van der Waals surface area contributed by atoms with Crippen molar-refractivity contribution in [1.82, 2.24) is 9.97 Å². The molecule has 1 atom stereocenters. The van der Waals surface area contributed by atoms with Gasteiger partial charge in [-0.2, -0.15) is 0 Å². The van der Waals surface area contributed by atoms with E-state index in [1.165, 1.54) is 13.2 Å². The third-order valence-corrected chi connectivity index (χ3v) is 6.74. The van der Waals surface area contributed by atoms with Crippen molar-refractivity contribution >= 4 is 28.2 Å². The van der Waals surface area contributed by atoms with Crippen LogP contribution < -0.4 is 20.1 Å². The van der Waals surface area contributed by atoms with Gasteiger partial charge in [0.1, 0.15) is 16.8 Å². The Hall–Kier alpha value is -3.24. The van der Waals surface area contributed by atoms with E-state index in [0.29, 0.717) is 35.8 Å². The van der Waals surface area contributed by atoms with Gasteiger partial charge in [-0.1, -0.05) is 6.92 Å². The minimum atomic E-state index is -1.37. The molecular weight excluding hydrogens is 457 g/mol. The summed E-state index contributed by atoms with van der Waals surface area (Å²) in [6, 6.07) is 8.77. The fraction of sp³-hybridized carbons (Fsp3) is 0.333. The molecule has 1 aliphatic rings. The first-order valence-electron chi connectivity index (χ1n) is 11.1. The Morgan fingerprint density at radius 1 is 1.18 bits per heavy atom. The van der Waals surface area contributed by atoms with E-state index in [2.05, 4.69) is 19.6 Å². The predicted molar refractivity (Wildman–Crippen MR) is 134 cm³/mol. The van der Waals surface area contributed by atoms with E-state index < -0.39 is 16.8 Å². The van der Waals surface area contributed by atoms with Crippen LogP contribution in [0, 0.1) is 5.82 Å². The molecule has 0 saturated carbocycles. The SMILES string of the molecule is CCCS(=O)Nc1cc(-c2cc(-c3ccc(N4CCOCC4)cn3)cnc2N)cc(F)c1OC. The first kappa shape index (κ1) is 23.9. The number of nitrogens with one attached hydrogen (secondary N) is 1. The maximum absolute atomic E-state index is 14.9. The Bertz CT molecular complexity index is 1170. The van der Waals surface area contributed by atoms with E-state index in [4.69, 9.17) is 15.2 Å². The number of hydrogen-bond acceptors (Lipinski definition) is 7. The Morgan fingerprint density at radius 2 is 1.97 bits per heavy atom. The summed E-state index contributed by atoms with van der Waals surface area (Å²) in [6.45, 7) is 4.99. The molecule has 34 heavy (non-hydrogen) atoms. The van der Waals surface area contributed by atoms with Crippen LogP contribution in [0.15, 0.2) is 42.7 Å². The summed E-state index contributed by atoms with van der Waals surface area (Å²) in [5.74, 6) is 0.0873. The Labute approximate surface area is 200 Å². The molecule has 4 rings (SSSR count). The highest BCUT2D eigenvalue weighted by atomic mass is 32.2. The summed E-state index contributed by atoms with van der Waals surface area (Å²) < 4.78 is 40.5. The van der Waals surface area contributed by atoms with Gasteiger partial charge in [-0.05, 0) is 42.3 Å². The fourth-order valence-corrected chi connectivity index (χ4v) is 4.67. The van der Waals surface area contributed by atoms with Crippen LogP contribution in [-0.4, -0.2) is 53.3 Å². The zero-order valence-electron chi connectivity index (χ0n) is 19.2. The molecule has 1 aliphatic heterocycles. The monoisotopic (exact) mass is 485 g/mol. The quantitative estimate of drug-likeness (QED) is 0.499. The smallest absolute Gasteiger partial charge is 0.178 e. The number of nitrogen functional groups attached to an aromatic ring is 1. The molecule has 3 heterocycles. The van der Waals surface area contributed by atoms with Crippen LogP contribution in [0.5, 0.6) is 5.75 Å². The average molecular weight is 486 g/mol. The molecule has 2 aromatic heterocycles. The standard InChI is InChI=1S/C24H28FN5O3S/c1-3-10-34(31)29-22-13-16(12-20(25)23(22)32-2)19-11-17(14-28-24(19)26)21-5-4-18(15-27-21)30-6-8-33-9-7-30/h4-5,11-15,29H,3,6-10H2,1-2H3,(H2,26,28). The van der Waals surface area contributed by atoms with Gasteiger partial charge in [0.25, 0.3) is 0 Å². The van der Waals surface area contributed by atoms with Crippen molar-refractivity contribution in [3.63, 3.8) is 0 Å². The molecule has 3 aromatic rings. The second-order valence-electron chi connectivity index (χ2n) is 7.85. The number of hydrogen-bond donors (Lipinski definition) is 2. The summed E-state index contributed by atoms with van der Waals surface area (Å²) in [4.78, 5) is 11.1. The minimum Gasteiger partial charge on any atom is -0.492 e. The largest absolute Gasteiger partial charge is 0.492 e. The van der Waals surface area contributed by atoms with Crippen molar-refractivity contribution in [2.24, 2.45) is 0 Å². The molecule has 10 heteroatoms. The highest BCUT2D eigenvalue weighted by molar-refractivity contribution is 7.86. The third kappa shape index (κ3) is 5.28. The summed E-state index contributed by atoms with van der Waals surface area (Å²) >= 11 is 0. The van der Waals surface area contributed by atoms with Crippen molar-refractivity contribution in [1.29, 1.82) is 0 Å². The number of ether oxygens (including phenoxy) is 2. The molecule has 0 spiro atoms. The number of benzene rings is 1. The highest BCUT2D eigenvalue weighted by Crippen LogP contribution is 2.37. The summed E-state index contributed by atoms with van der Waals surface area (Å²) in [7, 11) is 0.00452. The number of rotatable bonds is 8. The highest BCUT2D eigenvalue weighted by Gasteiger charge is 2.17. The lowest BCUT2D eigenvalue weighted by Gasteiger charge is -2.28. The number of morpholine rings is 1. The van der Waals surface area contributed by atoms with Crippen LogP contribution in [0.2, 0.25) is 0 Å². The van der Waals surface area contributed by atoms with Gasteiger partial charge in [0.2, 0.25) is 0 Å². The van der Waals surface area contributed by atoms with Crippen molar-refractivity contribution in [3.8, 4) is 28.1 Å². The molecule has 0 bridgehead atoms. The van der Waals surface area contributed by atoms with Crippen LogP contribution >= 0.6 is 0 Å². The number of pyridine rings is 2. The lowest BCUT2D eigenvalue weighted by molar-refractivity contribution is 0.122. The molecule has 180 valence electrons. The molecule has 1 fully saturated rings. The lowest BCUT2D eigenvalue weighted by Crippen LogP contribution is -2.36. The second kappa shape index (κ2) is 10.8. The fourth-order valence-electron chi connectivity index (χ4n) is 3.80. The van der Waals surface area contributed by atoms with E-state index in [1.54, 1.807) is 12.3 Å². The zero-order valence-corrected chi connectivity index (χ0v) is 20.0. The van der Waals surface area contributed by atoms with Crippen LogP contribution in [0.1, 0.15) is 13.3 Å². The maximum atomic E-state index is 14.9. The number of methoxy groups -OCH3 is 1. The molecule has 0 amide bonds. The molecular formula is C24H28FN5O3S. The Balaban J connectivity index is 1.67. The van der Waals surface area contributed by atoms with Gasteiger partial charge in [-0.3, -0.25) is 4.98 Å². The number of halogens is 1. The number of anilines is 3. The van der Waals surface area contributed by atoms with E-state index in [0.717, 1.165) is 36.5 Å². The lowest BCUT2D eigenvalue weighted by atomic mass is 10.0. The first-order valence-corrected chi connectivity index (χ1v) is 12.4. The molecule has 0 aliphatic carbocycles. The molecule has 3 N–H and O–H groups in total. The van der Waals surface area contributed by atoms with E-state index >= 15 is 0 Å². The van der Waals surface area contributed by atoms with E-state index in [1.807, 2.05) is 31.3 Å². The van der Waals surface area contributed by atoms with Gasteiger partial charge in [0, 0.05) is 36.2 Å². The van der Waals surface area contributed by atoms with Gasteiger partial charge in [0.15, 0.2) is 11.6 Å². The van der Waals surface area contributed by atoms with E-state index in [-0.39, 0.29) is 11.6 Å². The Kier molecular flexibility index (Phi) is 7.59. The first-order chi connectivity index (χ1) is 16.5. The number of aromatic nitrogens is 2. The van der Waals surface area contributed by atoms with Crippen molar-refractivity contribution in [3.05, 3.63) is 48.5 Å². The average Bonchev–Trinajstić information content (AvgIpc) is 2.85. The zero-order chi connectivity index (χ0) is 24.1. The molecule has 1 saturated heterocycles. The van der Waals surface area contributed by atoms with Gasteiger partial charge in [-0.15, -0.1) is 0 Å². The maximum Gasteiger partial charge on any atom is 0.178 e. The summed E-state index contributed by atoms with van der Waals surface area (Å²) in [5.41, 5.74) is 9.99. The minimum absolute atomic E-state index is 0.00347. The van der Waals surface area contributed by atoms with Crippen LogP contribution in [0.3, 0.4) is 0 Å². The second-order valence-corrected chi connectivity index (χ2v) is 9.15. The van der Waals surface area contributed by atoms with Gasteiger partial charge < -0.3 is 24.8 Å². The molecule has 1 aromatic carbocycles. The van der Waals surface area contributed by atoms with Crippen LogP contribution in [-0.2, 0) is 15.7 Å². The third-order valence-electron chi connectivity index (χ3n) is 5.51. The number of nitrogens with two attached hydrogens (primary N) is 1. The van der Waals surface area contributed by atoms with Gasteiger partial charge in [-0.25, -0.2) is 13.6 Å². The van der Waals surface area contributed by atoms with E-state index in [9.17, 15) is 8.60 Å². The van der Waals surface area contributed by atoms with Gasteiger partial charge >= 0.3 is 0 Å². The van der Waals surface area contributed by atoms with Gasteiger partial charge in [0.05, 0.1) is 43.6 Å².